The minimum absolute atomic E-state index is 0.0259. The zero-order valence-corrected chi connectivity index (χ0v) is 14.4. The van der Waals surface area contributed by atoms with Crippen molar-refractivity contribution in [2.24, 2.45) is 0 Å². The van der Waals surface area contributed by atoms with E-state index in [4.69, 9.17) is 0 Å². The van der Waals surface area contributed by atoms with Crippen molar-refractivity contribution in [1.29, 1.82) is 0 Å². The maximum atomic E-state index is 12.3. The largest absolute Gasteiger partial charge is 0.294 e. The Morgan fingerprint density at radius 3 is 1.80 bits per heavy atom. The van der Waals surface area contributed by atoms with Crippen LogP contribution >= 0.6 is 0 Å². The molecule has 4 heteroatoms. The van der Waals surface area contributed by atoms with Gasteiger partial charge in [0.2, 0.25) is 0 Å². The minimum atomic E-state index is -3.44. The molecule has 0 N–H and O–H groups in total. The van der Waals surface area contributed by atoms with Gasteiger partial charge in [-0.25, -0.2) is 8.42 Å². The Hall–Kier alpha value is -2.72. The van der Waals surface area contributed by atoms with Gasteiger partial charge in [0, 0.05) is 12.0 Å². The Bertz CT molecular complexity index is 945. The smallest absolute Gasteiger partial charge is 0.178 e. The average Bonchev–Trinajstić information content (AvgIpc) is 2.68. The van der Waals surface area contributed by atoms with Crippen LogP contribution in [0.25, 0.3) is 11.1 Å². The predicted molar refractivity (Wildman–Crippen MR) is 99.3 cm³/mol. The van der Waals surface area contributed by atoms with Gasteiger partial charge in [-0.05, 0) is 23.3 Å². The van der Waals surface area contributed by atoms with Crippen LogP contribution < -0.4 is 0 Å². The molecular formula is C21H18O3S. The number of sulfone groups is 1. The summed E-state index contributed by atoms with van der Waals surface area (Å²) in [6.07, 6.45) is -0.0259. The van der Waals surface area contributed by atoms with Gasteiger partial charge >= 0.3 is 0 Å². The summed E-state index contributed by atoms with van der Waals surface area (Å²) in [7, 11) is -3.44. The molecule has 3 rings (SSSR count). The summed E-state index contributed by atoms with van der Waals surface area (Å²) in [5, 5.41) is 0. The van der Waals surface area contributed by atoms with E-state index in [0.29, 0.717) is 5.56 Å². The monoisotopic (exact) mass is 350 g/mol. The molecule has 0 saturated heterocycles. The predicted octanol–water partition coefficient (Wildman–Crippen LogP) is 4.40. The van der Waals surface area contributed by atoms with Crippen molar-refractivity contribution in [3.8, 4) is 11.1 Å². The topological polar surface area (TPSA) is 51.2 Å². The zero-order chi connectivity index (χ0) is 17.7. The van der Waals surface area contributed by atoms with Gasteiger partial charge in [-0.1, -0.05) is 72.8 Å². The summed E-state index contributed by atoms with van der Waals surface area (Å²) in [4.78, 5) is 12.6. The molecule has 0 atom stereocenters. The first kappa shape index (κ1) is 17.1. The molecule has 0 bridgehead atoms. The summed E-state index contributed by atoms with van der Waals surface area (Å²) < 4.78 is 24.5. The standard InChI is InChI=1S/C21H18O3S/c22-21(15-16-25(23,24)20-9-5-2-6-10-20)19-13-11-18(12-14-19)17-7-3-1-4-8-17/h1-14H,15-16H2. The summed E-state index contributed by atoms with van der Waals surface area (Å²) in [6, 6.07) is 25.4. The molecule has 3 aromatic rings. The lowest BCUT2D eigenvalue weighted by Crippen LogP contribution is -2.11. The number of ketones is 1. The maximum absolute atomic E-state index is 12.3. The van der Waals surface area contributed by atoms with E-state index in [1.54, 1.807) is 42.5 Å². The molecule has 0 aromatic heterocycles. The lowest BCUT2D eigenvalue weighted by atomic mass is 10.0. The second kappa shape index (κ2) is 7.45. The number of carbonyl (C=O) groups excluding carboxylic acids is 1. The third-order valence-corrected chi connectivity index (χ3v) is 5.75. The third-order valence-electron chi connectivity index (χ3n) is 4.01. The molecule has 0 unspecified atom stereocenters. The normalized spacial score (nSPS) is 11.2. The zero-order valence-electron chi connectivity index (χ0n) is 13.6. The number of carbonyl (C=O) groups is 1. The lowest BCUT2D eigenvalue weighted by molar-refractivity contribution is 0.0989. The van der Waals surface area contributed by atoms with Crippen molar-refractivity contribution < 1.29 is 13.2 Å². The van der Waals surface area contributed by atoms with Gasteiger partial charge in [-0.2, -0.15) is 0 Å². The van der Waals surface area contributed by atoms with E-state index in [0.717, 1.165) is 11.1 Å². The van der Waals surface area contributed by atoms with Crippen LogP contribution in [0.5, 0.6) is 0 Å². The average molecular weight is 350 g/mol. The molecule has 0 amide bonds. The number of benzene rings is 3. The molecule has 0 aliphatic carbocycles. The Morgan fingerprint density at radius 2 is 1.20 bits per heavy atom. The van der Waals surface area contributed by atoms with E-state index < -0.39 is 9.84 Å². The van der Waals surface area contributed by atoms with Crippen molar-refractivity contribution in [3.63, 3.8) is 0 Å². The lowest BCUT2D eigenvalue weighted by Gasteiger charge is -2.06. The van der Waals surface area contributed by atoms with Gasteiger partial charge in [-0.3, -0.25) is 4.79 Å². The quantitative estimate of drug-likeness (QED) is 0.619. The van der Waals surface area contributed by atoms with E-state index in [-0.39, 0.29) is 22.9 Å². The van der Waals surface area contributed by atoms with Crippen molar-refractivity contribution in [2.45, 2.75) is 11.3 Å². The van der Waals surface area contributed by atoms with Crippen LogP contribution in [-0.4, -0.2) is 20.0 Å². The first-order valence-corrected chi connectivity index (χ1v) is 9.68. The van der Waals surface area contributed by atoms with Gasteiger partial charge in [0.1, 0.15) is 0 Å². The summed E-state index contributed by atoms with van der Waals surface area (Å²) in [6.45, 7) is 0. The van der Waals surface area contributed by atoms with Crippen LogP contribution in [0.1, 0.15) is 16.8 Å². The van der Waals surface area contributed by atoms with Crippen molar-refractivity contribution >= 4 is 15.6 Å². The molecule has 0 heterocycles. The highest BCUT2D eigenvalue weighted by Gasteiger charge is 2.16. The highest BCUT2D eigenvalue weighted by atomic mass is 32.2. The Kier molecular flexibility index (Phi) is 5.10. The molecular weight excluding hydrogens is 332 g/mol. The molecule has 126 valence electrons. The number of Topliss-reactive ketones (excluding diaryl/α,β-unsaturated/α-hetero) is 1. The third kappa shape index (κ3) is 4.22. The van der Waals surface area contributed by atoms with Crippen molar-refractivity contribution in [2.75, 3.05) is 5.75 Å². The minimum Gasteiger partial charge on any atom is -0.294 e. The Labute approximate surface area is 147 Å². The van der Waals surface area contributed by atoms with Crippen LogP contribution in [0.4, 0.5) is 0 Å². The molecule has 0 radical (unpaired) electrons. The summed E-state index contributed by atoms with van der Waals surface area (Å²) in [5.74, 6) is -0.352. The fraction of sp³-hybridized carbons (Fsp3) is 0.0952. The fourth-order valence-electron chi connectivity index (χ4n) is 2.60. The van der Waals surface area contributed by atoms with Crippen LogP contribution in [0, 0.1) is 0 Å². The Morgan fingerprint density at radius 1 is 0.680 bits per heavy atom. The fourth-order valence-corrected chi connectivity index (χ4v) is 3.86. The van der Waals surface area contributed by atoms with E-state index in [2.05, 4.69) is 0 Å². The van der Waals surface area contributed by atoms with Gasteiger partial charge in [0.15, 0.2) is 15.6 Å². The van der Waals surface area contributed by atoms with Gasteiger partial charge in [0.05, 0.1) is 10.6 Å². The van der Waals surface area contributed by atoms with Crippen molar-refractivity contribution in [3.05, 3.63) is 90.5 Å². The highest BCUT2D eigenvalue weighted by Crippen LogP contribution is 2.20. The SMILES string of the molecule is O=C(CCS(=O)(=O)c1ccccc1)c1ccc(-c2ccccc2)cc1. The van der Waals surface area contributed by atoms with Gasteiger partial charge in [0.25, 0.3) is 0 Å². The Balaban J connectivity index is 1.68. The van der Waals surface area contributed by atoms with E-state index in [1.165, 1.54) is 0 Å². The van der Waals surface area contributed by atoms with Crippen LogP contribution in [0.3, 0.4) is 0 Å². The number of hydrogen-bond donors (Lipinski definition) is 0. The first-order chi connectivity index (χ1) is 12.1. The molecule has 0 spiro atoms. The summed E-state index contributed by atoms with van der Waals surface area (Å²) in [5.41, 5.74) is 2.63. The molecule has 0 aliphatic rings. The maximum Gasteiger partial charge on any atom is 0.178 e. The number of hydrogen-bond acceptors (Lipinski definition) is 3. The van der Waals surface area contributed by atoms with Crippen molar-refractivity contribution in [1.82, 2.24) is 0 Å². The van der Waals surface area contributed by atoms with E-state index in [1.807, 2.05) is 42.5 Å². The van der Waals surface area contributed by atoms with E-state index >= 15 is 0 Å². The van der Waals surface area contributed by atoms with Crippen LogP contribution in [0.15, 0.2) is 89.8 Å². The molecule has 0 fully saturated rings. The number of rotatable bonds is 6. The van der Waals surface area contributed by atoms with Crippen LogP contribution in [0.2, 0.25) is 0 Å². The van der Waals surface area contributed by atoms with Crippen LogP contribution in [-0.2, 0) is 9.84 Å². The molecule has 3 aromatic carbocycles. The molecule has 25 heavy (non-hydrogen) atoms. The first-order valence-electron chi connectivity index (χ1n) is 8.03. The highest BCUT2D eigenvalue weighted by molar-refractivity contribution is 7.91. The second-order valence-electron chi connectivity index (χ2n) is 5.75. The molecule has 0 saturated carbocycles. The second-order valence-corrected chi connectivity index (χ2v) is 7.86. The van der Waals surface area contributed by atoms with Gasteiger partial charge in [-0.15, -0.1) is 0 Å². The molecule has 3 nitrogen and oxygen atoms in total. The summed E-state index contributed by atoms with van der Waals surface area (Å²) >= 11 is 0. The molecule has 0 aliphatic heterocycles. The van der Waals surface area contributed by atoms with E-state index in [9.17, 15) is 13.2 Å². The van der Waals surface area contributed by atoms with Gasteiger partial charge < -0.3 is 0 Å².